The van der Waals surface area contributed by atoms with Gasteiger partial charge in [-0.15, -0.1) is 0 Å². The summed E-state index contributed by atoms with van der Waals surface area (Å²) >= 11 is 0. The fraction of sp³-hybridized carbons (Fsp3) is 0.571. The van der Waals surface area contributed by atoms with Gasteiger partial charge in [-0.1, -0.05) is 27.7 Å². The summed E-state index contributed by atoms with van der Waals surface area (Å²) in [6.07, 6.45) is 1.71. The zero-order valence-electron chi connectivity index (χ0n) is 10.9. The van der Waals surface area contributed by atoms with Crippen LogP contribution in [-0.2, 0) is 0 Å². The van der Waals surface area contributed by atoms with Gasteiger partial charge in [-0.2, -0.15) is 5.26 Å². The first kappa shape index (κ1) is 11.9. The predicted octanol–water partition coefficient (Wildman–Crippen LogP) is 3.05. The van der Waals surface area contributed by atoms with Gasteiger partial charge in [0.1, 0.15) is 11.9 Å². The van der Waals surface area contributed by atoms with Gasteiger partial charge in [-0.25, -0.2) is 4.98 Å². The highest BCUT2D eigenvalue weighted by molar-refractivity contribution is 5.51. The fourth-order valence-corrected chi connectivity index (χ4v) is 2.68. The van der Waals surface area contributed by atoms with E-state index >= 15 is 0 Å². The van der Waals surface area contributed by atoms with Crippen LogP contribution in [0.1, 0.15) is 33.3 Å². The van der Waals surface area contributed by atoms with Crippen molar-refractivity contribution in [3.05, 3.63) is 23.9 Å². The zero-order chi connectivity index (χ0) is 12.7. The minimum atomic E-state index is 0.363. The van der Waals surface area contributed by atoms with E-state index in [1.807, 2.05) is 0 Å². The molecule has 0 atom stereocenters. The van der Waals surface area contributed by atoms with E-state index in [9.17, 15) is 0 Å². The van der Waals surface area contributed by atoms with E-state index in [0.29, 0.717) is 28.1 Å². The third kappa shape index (κ3) is 1.78. The molecule has 1 aliphatic rings. The van der Waals surface area contributed by atoms with Crippen molar-refractivity contribution in [1.82, 2.24) is 4.98 Å². The number of pyridine rings is 1. The van der Waals surface area contributed by atoms with Gasteiger partial charge in [0.2, 0.25) is 0 Å². The van der Waals surface area contributed by atoms with Crippen molar-refractivity contribution in [3.8, 4) is 6.07 Å². The standard InChI is InChI=1S/C14H19N3/c1-13(2)11(14(13,3)4)9-17-12-10(8-15)6-5-7-16-12/h5-7,11H,9H2,1-4H3,(H,16,17). The minimum absolute atomic E-state index is 0.363. The maximum absolute atomic E-state index is 8.97. The molecule has 0 radical (unpaired) electrons. The van der Waals surface area contributed by atoms with Crippen molar-refractivity contribution in [2.75, 3.05) is 11.9 Å². The average molecular weight is 229 g/mol. The Kier molecular flexibility index (Phi) is 2.61. The van der Waals surface area contributed by atoms with Crippen molar-refractivity contribution in [3.63, 3.8) is 0 Å². The molecule has 1 aromatic heterocycles. The van der Waals surface area contributed by atoms with E-state index in [1.54, 1.807) is 18.3 Å². The molecule has 0 unspecified atom stereocenters. The summed E-state index contributed by atoms with van der Waals surface area (Å²) in [4.78, 5) is 4.21. The maximum atomic E-state index is 8.97. The average Bonchev–Trinajstić information content (AvgIpc) is 2.67. The normalized spacial score (nSPS) is 20.6. The summed E-state index contributed by atoms with van der Waals surface area (Å²) in [6.45, 7) is 10.1. The van der Waals surface area contributed by atoms with E-state index in [1.165, 1.54) is 0 Å². The maximum Gasteiger partial charge on any atom is 0.143 e. The van der Waals surface area contributed by atoms with Gasteiger partial charge < -0.3 is 5.32 Å². The first-order valence-corrected chi connectivity index (χ1v) is 6.00. The van der Waals surface area contributed by atoms with Crippen molar-refractivity contribution in [2.45, 2.75) is 27.7 Å². The van der Waals surface area contributed by atoms with Crippen molar-refractivity contribution in [1.29, 1.82) is 5.26 Å². The lowest BCUT2D eigenvalue weighted by Crippen LogP contribution is -2.10. The van der Waals surface area contributed by atoms with Crippen LogP contribution in [0.25, 0.3) is 0 Å². The van der Waals surface area contributed by atoms with Gasteiger partial charge in [0.15, 0.2) is 0 Å². The lowest BCUT2D eigenvalue weighted by molar-refractivity contribution is 0.457. The Morgan fingerprint density at radius 1 is 1.35 bits per heavy atom. The second-order valence-corrected chi connectivity index (χ2v) is 5.89. The Bertz CT molecular complexity index is 455. The number of hydrogen-bond donors (Lipinski definition) is 1. The zero-order valence-corrected chi connectivity index (χ0v) is 10.9. The lowest BCUT2D eigenvalue weighted by atomic mass is 10.0. The largest absolute Gasteiger partial charge is 0.369 e. The Labute approximate surface area is 103 Å². The van der Waals surface area contributed by atoms with Gasteiger partial charge in [0.05, 0.1) is 5.56 Å². The molecule has 0 bridgehead atoms. The van der Waals surface area contributed by atoms with Crippen molar-refractivity contribution in [2.24, 2.45) is 16.7 Å². The van der Waals surface area contributed by atoms with Gasteiger partial charge in [-0.3, -0.25) is 0 Å². The van der Waals surface area contributed by atoms with Crippen LogP contribution in [-0.4, -0.2) is 11.5 Å². The highest BCUT2D eigenvalue weighted by Crippen LogP contribution is 2.68. The molecular formula is C14H19N3. The quantitative estimate of drug-likeness (QED) is 0.866. The molecule has 17 heavy (non-hydrogen) atoms. The van der Waals surface area contributed by atoms with Crippen LogP contribution in [0, 0.1) is 28.1 Å². The number of nitrogens with one attached hydrogen (secondary N) is 1. The molecule has 1 aliphatic carbocycles. The molecule has 0 amide bonds. The molecule has 3 nitrogen and oxygen atoms in total. The van der Waals surface area contributed by atoms with Crippen LogP contribution < -0.4 is 5.32 Å². The summed E-state index contributed by atoms with van der Waals surface area (Å²) in [5.41, 5.74) is 1.34. The highest BCUT2D eigenvalue weighted by atomic mass is 15.0. The molecule has 90 valence electrons. The topological polar surface area (TPSA) is 48.7 Å². The molecule has 3 heteroatoms. The molecule has 2 rings (SSSR count). The Morgan fingerprint density at radius 3 is 2.53 bits per heavy atom. The summed E-state index contributed by atoms with van der Waals surface area (Å²) in [5, 5.41) is 12.3. The molecule has 1 fully saturated rings. The molecule has 0 spiro atoms. The van der Waals surface area contributed by atoms with Crippen LogP contribution in [0.5, 0.6) is 0 Å². The van der Waals surface area contributed by atoms with Crippen LogP contribution in [0.3, 0.4) is 0 Å². The molecule has 1 saturated carbocycles. The molecule has 1 heterocycles. The fourth-order valence-electron chi connectivity index (χ4n) is 2.68. The summed E-state index contributed by atoms with van der Waals surface area (Å²) < 4.78 is 0. The first-order valence-electron chi connectivity index (χ1n) is 6.00. The van der Waals surface area contributed by atoms with Crippen LogP contribution in [0.4, 0.5) is 5.82 Å². The van der Waals surface area contributed by atoms with E-state index in [0.717, 1.165) is 6.54 Å². The second-order valence-electron chi connectivity index (χ2n) is 5.89. The third-order valence-electron chi connectivity index (χ3n) is 4.72. The highest BCUT2D eigenvalue weighted by Gasteiger charge is 2.64. The first-order chi connectivity index (χ1) is 7.91. The van der Waals surface area contributed by atoms with Crippen molar-refractivity contribution < 1.29 is 0 Å². The Balaban J connectivity index is 2.04. The summed E-state index contributed by atoms with van der Waals surface area (Å²) in [6, 6.07) is 5.73. The van der Waals surface area contributed by atoms with Crippen molar-refractivity contribution >= 4 is 5.82 Å². The number of anilines is 1. The minimum Gasteiger partial charge on any atom is -0.369 e. The van der Waals surface area contributed by atoms with Crippen LogP contribution >= 0.6 is 0 Å². The number of hydrogen-bond acceptors (Lipinski definition) is 3. The van der Waals surface area contributed by atoms with E-state index in [-0.39, 0.29) is 0 Å². The molecule has 0 aliphatic heterocycles. The number of nitriles is 1. The number of rotatable bonds is 3. The molecule has 0 saturated heterocycles. The lowest BCUT2D eigenvalue weighted by Gasteiger charge is -2.07. The monoisotopic (exact) mass is 229 g/mol. The third-order valence-corrected chi connectivity index (χ3v) is 4.72. The van der Waals surface area contributed by atoms with Gasteiger partial charge in [-0.05, 0) is 28.9 Å². The van der Waals surface area contributed by atoms with E-state index in [2.05, 4.69) is 44.1 Å². The van der Waals surface area contributed by atoms with Gasteiger partial charge in [0.25, 0.3) is 0 Å². The van der Waals surface area contributed by atoms with E-state index in [4.69, 9.17) is 5.26 Å². The van der Waals surface area contributed by atoms with E-state index < -0.39 is 0 Å². The summed E-state index contributed by atoms with van der Waals surface area (Å²) in [7, 11) is 0. The molecular weight excluding hydrogens is 210 g/mol. The predicted molar refractivity (Wildman–Crippen MR) is 68.5 cm³/mol. The number of aromatic nitrogens is 1. The Morgan fingerprint density at radius 2 is 2.00 bits per heavy atom. The molecule has 1 N–H and O–H groups in total. The summed E-state index contributed by atoms with van der Waals surface area (Å²) in [5.74, 6) is 1.33. The van der Waals surface area contributed by atoms with Crippen LogP contribution in [0.15, 0.2) is 18.3 Å². The van der Waals surface area contributed by atoms with Gasteiger partial charge in [0, 0.05) is 12.7 Å². The molecule has 1 aromatic rings. The number of nitrogens with zero attached hydrogens (tertiary/aromatic N) is 2. The smallest absolute Gasteiger partial charge is 0.143 e. The second kappa shape index (κ2) is 3.73. The SMILES string of the molecule is CC1(C)C(CNc2ncccc2C#N)C1(C)C. The Hall–Kier alpha value is -1.56. The van der Waals surface area contributed by atoms with Crippen LogP contribution in [0.2, 0.25) is 0 Å². The van der Waals surface area contributed by atoms with Gasteiger partial charge >= 0.3 is 0 Å². The molecule has 0 aromatic carbocycles.